The van der Waals surface area contributed by atoms with E-state index in [9.17, 15) is 19.3 Å². The van der Waals surface area contributed by atoms with Crippen molar-refractivity contribution < 1.29 is 24.0 Å². The second kappa shape index (κ2) is 6.35. The maximum atomic E-state index is 13.4. The molecule has 0 bridgehead atoms. The number of nitrogens with one attached hydrogen (secondary N) is 1. The van der Waals surface area contributed by atoms with Crippen molar-refractivity contribution in [2.75, 3.05) is 6.61 Å². The third kappa shape index (κ3) is 4.11. The van der Waals surface area contributed by atoms with Gasteiger partial charge in [-0.2, -0.15) is 0 Å². The van der Waals surface area contributed by atoms with Crippen molar-refractivity contribution in [2.45, 2.75) is 24.9 Å². The molecule has 0 aromatic heterocycles. The fourth-order valence-electron chi connectivity index (χ4n) is 1.67. The first-order valence-electron chi connectivity index (χ1n) is 6.13. The van der Waals surface area contributed by atoms with Crippen LogP contribution in [0.4, 0.5) is 10.1 Å². The number of benzene rings is 1. The number of nitro groups is 1. The fraction of sp³-hybridized carbons (Fsp3) is 0.417. The first-order valence-corrected chi connectivity index (χ1v) is 6.93. The fourth-order valence-corrected chi connectivity index (χ4v) is 2.01. The summed E-state index contributed by atoms with van der Waals surface area (Å²) in [5, 5.41) is 22.8. The summed E-state index contributed by atoms with van der Waals surface area (Å²) in [4.78, 5) is 21.2. The molecule has 7 nitrogen and oxygen atoms in total. The molecule has 0 radical (unpaired) electrons. The molecule has 1 unspecified atom stereocenters. The number of hydrogen-bond acceptors (Lipinski definition) is 5. The minimum atomic E-state index is -1.12. The van der Waals surface area contributed by atoms with Gasteiger partial charge in [0.05, 0.1) is 9.40 Å². The molecule has 0 heterocycles. The standard InChI is InChI=1S/C12H12BrFN2O5/c13-7-3-10(16(19)20)11(4-8(7)14)21-5-9(12(17)18)15-6-1-2-6/h3-4,6,9,15H,1-2,5H2,(H,17,18). The van der Waals surface area contributed by atoms with Gasteiger partial charge in [0.1, 0.15) is 18.5 Å². The van der Waals surface area contributed by atoms with E-state index in [0.717, 1.165) is 25.0 Å². The Labute approximate surface area is 127 Å². The van der Waals surface area contributed by atoms with Crippen molar-refractivity contribution in [2.24, 2.45) is 0 Å². The third-order valence-electron chi connectivity index (χ3n) is 2.92. The van der Waals surface area contributed by atoms with E-state index in [-0.39, 0.29) is 22.9 Å². The second-order valence-corrected chi connectivity index (χ2v) is 5.49. The van der Waals surface area contributed by atoms with E-state index in [2.05, 4.69) is 21.2 Å². The smallest absolute Gasteiger partial charge is 0.324 e. The second-order valence-electron chi connectivity index (χ2n) is 4.63. The molecule has 1 saturated carbocycles. The number of nitro benzene ring substituents is 1. The lowest BCUT2D eigenvalue weighted by Crippen LogP contribution is -2.42. The van der Waals surface area contributed by atoms with Crippen LogP contribution in [-0.2, 0) is 4.79 Å². The highest BCUT2D eigenvalue weighted by Gasteiger charge is 2.29. The predicted molar refractivity (Wildman–Crippen MR) is 73.8 cm³/mol. The maximum absolute atomic E-state index is 13.4. The average molecular weight is 363 g/mol. The molecule has 114 valence electrons. The van der Waals surface area contributed by atoms with Crippen molar-refractivity contribution in [3.8, 4) is 5.75 Å². The molecule has 2 N–H and O–H groups in total. The highest BCUT2D eigenvalue weighted by Crippen LogP contribution is 2.32. The number of aliphatic carboxylic acids is 1. The van der Waals surface area contributed by atoms with Gasteiger partial charge in [-0.1, -0.05) is 0 Å². The Morgan fingerprint density at radius 1 is 1.62 bits per heavy atom. The van der Waals surface area contributed by atoms with Gasteiger partial charge in [0.25, 0.3) is 0 Å². The average Bonchev–Trinajstić information content (AvgIpc) is 3.21. The van der Waals surface area contributed by atoms with Gasteiger partial charge in [-0.05, 0) is 28.8 Å². The summed E-state index contributed by atoms with van der Waals surface area (Å²) in [6.45, 7) is -0.326. The van der Waals surface area contributed by atoms with Gasteiger partial charge in [-0.3, -0.25) is 20.2 Å². The molecule has 0 aliphatic heterocycles. The normalized spacial score (nSPS) is 15.5. The lowest BCUT2D eigenvalue weighted by atomic mass is 10.2. The van der Waals surface area contributed by atoms with Gasteiger partial charge < -0.3 is 9.84 Å². The van der Waals surface area contributed by atoms with Crippen LogP contribution in [-0.4, -0.2) is 34.7 Å². The van der Waals surface area contributed by atoms with Gasteiger partial charge in [-0.25, -0.2) is 4.39 Å². The Kier molecular flexibility index (Phi) is 4.73. The van der Waals surface area contributed by atoms with Gasteiger partial charge >= 0.3 is 11.7 Å². The topological polar surface area (TPSA) is 102 Å². The Balaban J connectivity index is 2.11. The molecule has 2 rings (SSSR count). The lowest BCUT2D eigenvalue weighted by molar-refractivity contribution is -0.386. The molecule has 1 aromatic rings. The molecule has 1 aliphatic carbocycles. The van der Waals surface area contributed by atoms with Gasteiger partial charge in [0.15, 0.2) is 5.75 Å². The van der Waals surface area contributed by atoms with E-state index in [1.54, 1.807) is 0 Å². The Morgan fingerprint density at radius 3 is 2.81 bits per heavy atom. The van der Waals surface area contributed by atoms with Crippen molar-refractivity contribution >= 4 is 27.6 Å². The molecule has 0 amide bonds. The minimum absolute atomic E-state index is 0.0626. The van der Waals surface area contributed by atoms with E-state index in [1.807, 2.05) is 0 Å². The zero-order valence-electron chi connectivity index (χ0n) is 10.7. The van der Waals surface area contributed by atoms with E-state index >= 15 is 0 Å². The van der Waals surface area contributed by atoms with E-state index < -0.39 is 28.4 Å². The summed E-state index contributed by atoms with van der Waals surface area (Å²) in [6, 6.07) is 0.975. The quantitative estimate of drug-likeness (QED) is 0.568. The number of carboxylic acids is 1. The molecule has 21 heavy (non-hydrogen) atoms. The molecule has 9 heteroatoms. The number of carbonyl (C=O) groups is 1. The highest BCUT2D eigenvalue weighted by atomic mass is 79.9. The zero-order chi connectivity index (χ0) is 15.6. The molecular formula is C12H12BrFN2O5. The van der Waals surface area contributed by atoms with Crippen LogP contribution in [0, 0.1) is 15.9 Å². The first-order chi connectivity index (χ1) is 9.88. The first kappa shape index (κ1) is 15.6. The third-order valence-corrected chi connectivity index (χ3v) is 3.52. The summed E-state index contributed by atoms with van der Waals surface area (Å²) in [5.41, 5.74) is -0.432. The molecule has 1 aromatic carbocycles. The summed E-state index contributed by atoms with van der Waals surface area (Å²) in [7, 11) is 0. The molecule has 0 spiro atoms. The van der Waals surface area contributed by atoms with Gasteiger partial charge in [-0.15, -0.1) is 0 Å². The summed E-state index contributed by atoms with van der Waals surface area (Å²) in [5.74, 6) is -2.15. The van der Waals surface area contributed by atoms with Crippen LogP contribution in [0.3, 0.4) is 0 Å². The van der Waals surface area contributed by atoms with Crippen molar-refractivity contribution in [3.63, 3.8) is 0 Å². The molecule has 1 aliphatic rings. The van der Waals surface area contributed by atoms with E-state index in [0.29, 0.717) is 0 Å². The molecule has 0 saturated heterocycles. The van der Waals surface area contributed by atoms with Crippen molar-refractivity contribution in [1.82, 2.24) is 5.32 Å². The highest BCUT2D eigenvalue weighted by molar-refractivity contribution is 9.10. The number of hydrogen-bond donors (Lipinski definition) is 2. The summed E-state index contributed by atoms with van der Waals surface area (Å²) in [6.07, 6.45) is 1.77. The van der Waals surface area contributed by atoms with Gasteiger partial charge in [0.2, 0.25) is 0 Å². The Morgan fingerprint density at radius 2 is 2.29 bits per heavy atom. The maximum Gasteiger partial charge on any atom is 0.324 e. The molecule has 1 atom stereocenters. The van der Waals surface area contributed by atoms with Crippen LogP contribution in [0.2, 0.25) is 0 Å². The summed E-state index contributed by atoms with van der Waals surface area (Å²) >= 11 is 2.85. The van der Waals surface area contributed by atoms with Crippen LogP contribution < -0.4 is 10.1 Å². The van der Waals surface area contributed by atoms with Crippen LogP contribution in [0.25, 0.3) is 0 Å². The largest absolute Gasteiger partial charge is 0.484 e. The van der Waals surface area contributed by atoms with Crippen molar-refractivity contribution in [1.29, 1.82) is 0 Å². The molecular weight excluding hydrogens is 351 g/mol. The zero-order valence-corrected chi connectivity index (χ0v) is 12.3. The number of carboxylic acid groups (broad SMARTS) is 1. The van der Waals surface area contributed by atoms with Gasteiger partial charge in [0, 0.05) is 18.2 Å². The Bertz CT molecular complexity index is 579. The van der Waals surface area contributed by atoms with E-state index in [1.165, 1.54) is 0 Å². The monoisotopic (exact) mass is 362 g/mol. The number of nitrogens with zero attached hydrogens (tertiary/aromatic N) is 1. The van der Waals surface area contributed by atoms with Crippen LogP contribution in [0.1, 0.15) is 12.8 Å². The van der Waals surface area contributed by atoms with Crippen LogP contribution >= 0.6 is 15.9 Å². The van der Waals surface area contributed by atoms with Crippen LogP contribution in [0.5, 0.6) is 5.75 Å². The number of rotatable bonds is 7. The number of ether oxygens (including phenoxy) is 1. The minimum Gasteiger partial charge on any atom is -0.484 e. The summed E-state index contributed by atoms with van der Waals surface area (Å²) < 4.78 is 18.5. The van der Waals surface area contributed by atoms with E-state index in [4.69, 9.17) is 9.84 Å². The van der Waals surface area contributed by atoms with Crippen LogP contribution in [0.15, 0.2) is 16.6 Å². The van der Waals surface area contributed by atoms with Crippen molar-refractivity contribution in [3.05, 3.63) is 32.5 Å². The Hall–Kier alpha value is -1.74. The predicted octanol–water partition coefficient (Wildman–Crippen LogP) is 2.08. The number of halogens is 2. The SMILES string of the molecule is O=C(O)C(COc1cc(F)c(Br)cc1[N+](=O)[O-])NC1CC1. The molecule has 1 fully saturated rings. The lowest BCUT2D eigenvalue weighted by Gasteiger charge is -2.15.